The largest absolute Gasteiger partial charge is 0.455 e. The molecule has 0 aromatic heterocycles. The average molecular weight is 488 g/mol. The molecule has 0 unspecified atom stereocenters. The van der Waals surface area contributed by atoms with Gasteiger partial charge in [-0.05, 0) is 49.7 Å². The number of halogens is 1. The minimum absolute atomic E-state index is 0.0112. The smallest absolute Gasteiger partial charge is 0.311 e. The lowest BCUT2D eigenvalue weighted by molar-refractivity contribution is -0.151. The molecule has 1 fully saturated rings. The standard InChI is InChI=1S/C22H22BrN3O5/c1-13-4-3-5-15(8-13)21(29)25-26-11-16(10-20(26)28)22(30)31-12-19(27)24-17-6-7-18(23)14(2)9-17/h3-9,16H,10-12H2,1-2H3,(H,24,27)(H,25,29)/t16-/m1/s1. The molecule has 2 N–H and O–H groups in total. The quantitative estimate of drug-likeness (QED) is 0.609. The van der Waals surface area contributed by atoms with Crippen LogP contribution < -0.4 is 10.7 Å². The molecule has 2 aromatic carbocycles. The molecule has 0 bridgehead atoms. The van der Waals surface area contributed by atoms with Crippen LogP contribution in [0.25, 0.3) is 0 Å². The van der Waals surface area contributed by atoms with Gasteiger partial charge in [-0.3, -0.25) is 29.6 Å². The first-order valence-corrected chi connectivity index (χ1v) is 10.4. The summed E-state index contributed by atoms with van der Waals surface area (Å²) in [4.78, 5) is 48.9. The van der Waals surface area contributed by atoms with Gasteiger partial charge in [-0.2, -0.15) is 0 Å². The fourth-order valence-electron chi connectivity index (χ4n) is 3.12. The number of carbonyl (C=O) groups is 4. The van der Waals surface area contributed by atoms with E-state index >= 15 is 0 Å². The van der Waals surface area contributed by atoms with Crippen molar-refractivity contribution in [2.75, 3.05) is 18.5 Å². The summed E-state index contributed by atoms with van der Waals surface area (Å²) in [5.74, 6) is -2.73. The van der Waals surface area contributed by atoms with Gasteiger partial charge in [-0.15, -0.1) is 0 Å². The molecular formula is C22H22BrN3O5. The highest BCUT2D eigenvalue weighted by Gasteiger charge is 2.36. The molecule has 3 rings (SSSR count). The number of nitrogens with zero attached hydrogens (tertiary/aromatic N) is 1. The van der Waals surface area contributed by atoms with E-state index in [1.807, 2.05) is 19.9 Å². The van der Waals surface area contributed by atoms with E-state index in [9.17, 15) is 19.2 Å². The number of amides is 3. The molecule has 0 saturated carbocycles. The number of esters is 1. The van der Waals surface area contributed by atoms with Crippen LogP contribution >= 0.6 is 15.9 Å². The Morgan fingerprint density at radius 1 is 1.16 bits per heavy atom. The van der Waals surface area contributed by atoms with E-state index < -0.39 is 36.2 Å². The van der Waals surface area contributed by atoms with Crippen LogP contribution in [-0.2, 0) is 19.1 Å². The second kappa shape index (κ2) is 9.74. The van der Waals surface area contributed by atoms with Gasteiger partial charge in [-0.25, -0.2) is 0 Å². The van der Waals surface area contributed by atoms with Crippen LogP contribution in [0.1, 0.15) is 27.9 Å². The lowest BCUT2D eigenvalue weighted by atomic mass is 10.1. The van der Waals surface area contributed by atoms with E-state index in [4.69, 9.17) is 4.74 Å². The first kappa shape index (κ1) is 22.5. The Balaban J connectivity index is 1.48. The summed E-state index contributed by atoms with van der Waals surface area (Å²) < 4.78 is 5.98. The first-order chi connectivity index (χ1) is 14.7. The zero-order valence-electron chi connectivity index (χ0n) is 17.1. The van der Waals surface area contributed by atoms with Gasteiger partial charge in [0.1, 0.15) is 0 Å². The van der Waals surface area contributed by atoms with E-state index in [1.165, 1.54) is 0 Å². The Kier molecular flexibility index (Phi) is 7.06. The molecule has 3 amide bonds. The number of ether oxygens (including phenoxy) is 1. The predicted octanol–water partition coefficient (Wildman–Crippen LogP) is 2.74. The van der Waals surface area contributed by atoms with Crippen LogP contribution in [0.3, 0.4) is 0 Å². The highest BCUT2D eigenvalue weighted by atomic mass is 79.9. The third kappa shape index (κ3) is 5.91. The van der Waals surface area contributed by atoms with Gasteiger partial charge in [0.15, 0.2) is 6.61 Å². The van der Waals surface area contributed by atoms with Crippen molar-refractivity contribution in [3.63, 3.8) is 0 Å². The van der Waals surface area contributed by atoms with Gasteiger partial charge in [0.2, 0.25) is 5.91 Å². The van der Waals surface area contributed by atoms with Crippen molar-refractivity contribution in [3.05, 3.63) is 63.6 Å². The first-order valence-electron chi connectivity index (χ1n) is 9.63. The normalized spacial score (nSPS) is 15.5. The van der Waals surface area contributed by atoms with Crippen LogP contribution in [0.4, 0.5) is 5.69 Å². The number of hydrazine groups is 1. The number of benzene rings is 2. The van der Waals surface area contributed by atoms with Crippen molar-refractivity contribution < 1.29 is 23.9 Å². The van der Waals surface area contributed by atoms with Gasteiger partial charge >= 0.3 is 5.97 Å². The molecule has 162 valence electrons. The van der Waals surface area contributed by atoms with Gasteiger partial charge in [0.25, 0.3) is 11.8 Å². The maximum atomic E-state index is 12.3. The number of carbonyl (C=O) groups excluding carboxylic acids is 4. The van der Waals surface area contributed by atoms with Crippen molar-refractivity contribution >= 4 is 45.3 Å². The van der Waals surface area contributed by atoms with Gasteiger partial charge < -0.3 is 10.1 Å². The maximum Gasteiger partial charge on any atom is 0.311 e. The van der Waals surface area contributed by atoms with E-state index in [0.29, 0.717) is 11.3 Å². The summed E-state index contributed by atoms with van der Waals surface area (Å²) >= 11 is 3.38. The van der Waals surface area contributed by atoms with Crippen molar-refractivity contribution in [2.45, 2.75) is 20.3 Å². The fourth-order valence-corrected chi connectivity index (χ4v) is 3.37. The average Bonchev–Trinajstić information content (AvgIpc) is 3.09. The third-order valence-electron chi connectivity index (χ3n) is 4.76. The summed E-state index contributed by atoms with van der Waals surface area (Å²) in [7, 11) is 0. The molecule has 1 saturated heterocycles. The second-order valence-electron chi connectivity index (χ2n) is 7.34. The summed E-state index contributed by atoms with van der Waals surface area (Å²) in [6, 6.07) is 12.3. The SMILES string of the molecule is Cc1cccc(C(=O)NN2C[C@H](C(=O)OCC(=O)Nc3ccc(Br)c(C)c3)CC2=O)c1. The Morgan fingerprint density at radius 2 is 1.94 bits per heavy atom. The van der Waals surface area contributed by atoms with Gasteiger partial charge in [-0.1, -0.05) is 33.6 Å². The molecule has 0 spiro atoms. The van der Waals surface area contributed by atoms with Crippen molar-refractivity contribution in [2.24, 2.45) is 5.92 Å². The highest BCUT2D eigenvalue weighted by Crippen LogP contribution is 2.20. The van der Waals surface area contributed by atoms with Crippen molar-refractivity contribution in [1.82, 2.24) is 10.4 Å². The Bertz CT molecular complexity index is 1040. The number of anilines is 1. The van der Waals surface area contributed by atoms with E-state index in [-0.39, 0.29) is 13.0 Å². The molecule has 1 heterocycles. The third-order valence-corrected chi connectivity index (χ3v) is 5.65. The lowest BCUT2D eigenvalue weighted by Crippen LogP contribution is -2.43. The monoisotopic (exact) mass is 487 g/mol. The van der Waals surface area contributed by atoms with Gasteiger partial charge in [0.05, 0.1) is 12.5 Å². The second-order valence-corrected chi connectivity index (χ2v) is 8.19. The maximum absolute atomic E-state index is 12.3. The minimum atomic E-state index is -0.756. The molecule has 0 aliphatic carbocycles. The molecule has 2 aromatic rings. The molecule has 1 atom stereocenters. The molecule has 8 nitrogen and oxygen atoms in total. The Labute approximate surface area is 188 Å². The Hall–Kier alpha value is -3.20. The zero-order chi connectivity index (χ0) is 22.5. The molecular weight excluding hydrogens is 466 g/mol. The van der Waals surface area contributed by atoms with Crippen LogP contribution in [0.5, 0.6) is 0 Å². The highest BCUT2D eigenvalue weighted by molar-refractivity contribution is 9.10. The predicted molar refractivity (Wildman–Crippen MR) is 117 cm³/mol. The molecule has 9 heteroatoms. The Morgan fingerprint density at radius 3 is 2.65 bits per heavy atom. The summed E-state index contributed by atoms with van der Waals surface area (Å²) in [5.41, 5.74) is 5.39. The molecule has 1 aliphatic rings. The van der Waals surface area contributed by atoms with Crippen LogP contribution in [0.15, 0.2) is 46.9 Å². The zero-order valence-corrected chi connectivity index (χ0v) is 18.7. The van der Waals surface area contributed by atoms with Crippen LogP contribution in [-0.4, -0.2) is 41.9 Å². The van der Waals surface area contributed by atoms with Crippen molar-refractivity contribution in [3.8, 4) is 0 Å². The summed E-state index contributed by atoms with van der Waals surface area (Å²) in [6.45, 7) is 3.27. The van der Waals surface area contributed by atoms with Crippen molar-refractivity contribution in [1.29, 1.82) is 0 Å². The molecule has 1 aliphatic heterocycles. The summed E-state index contributed by atoms with van der Waals surface area (Å²) in [6.07, 6.45) is -0.0968. The molecule has 31 heavy (non-hydrogen) atoms. The number of rotatable bonds is 6. The van der Waals surface area contributed by atoms with E-state index in [0.717, 1.165) is 20.6 Å². The number of aryl methyl sites for hydroxylation is 2. The van der Waals surface area contributed by atoms with Crippen LogP contribution in [0, 0.1) is 19.8 Å². The molecule has 0 radical (unpaired) electrons. The topological polar surface area (TPSA) is 105 Å². The van der Waals surface area contributed by atoms with E-state index in [2.05, 4.69) is 26.7 Å². The lowest BCUT2D eigenvalue weighted by Gasteiger charge is -2.17. The van der Waals surface area contributed by atoms with Gasteiger partial charge in [0, 0.05) is 22.1 Å². The number of hydrogen-bond acceptors (Lipinski definition) is 5. The van der Waals surface area contributed by atoms with Crippen LogP contribution in [0.2, 0.25) is 0 Å². The summed E-state index contributed by atoms with van der Waals surface area (Å²) in [5, 5.41) is 3.76. The van der Waals surface area contributed by atoms with E-state index in [1.54, 1.807) is 36.4 Å². The minimum Gasteiger partial charge on any atom is -0.455 e. The number of nitrogens with one attached hydrogen (secondary N) is 2. The number of hydrogen-bond donors (Lipinski definition) is 2. The fraction of sp³-hybridized carbons (Fsp3) is 0.273.